The third-order valence-corrected chi connectivity index (χ3v) is 2.98. The van der Waals surface area contributed by atoms with Gasteiger partial charge in [0.2, 0.25) is 0 Å². The van der Waals surface area contributed by atoms with Crippen molar-refractivity contribution in [2.45, 2.75) is 71.1 Å². The Labute approximate surface area is 153 Å². The summed E-state index contributed by atoms with van der Waals surface area (Å²) in [6.07, 6.45) is 13.2. The Bertz CT molecular complexity index is 343. The first-order chi connectivity index (χ1) is 10.3. The molecule has 0 fully saturated rings. The van der Waals surface area contributed by atoms with Gasteiger partial charge in [-0.25, -0.2) is 0 Å². The van der Waals surface area contributed by atoms with Crippen LogP contribution in [0.4, 0.5) is 0 Å². The SMILES string of the molecule is CCCCCCCCCCCCNCC(=O)O.O=S(=O)([O-])[O-].[Zn+2]. The van der Waals surface area contributed by atoms with Crippen molar-refractivity contribution in [2.75, 3.05) is 13.1 Å². The summed E-state index contributed by atoms with van der Waals surface area (Å²) in [6.45, 7) is 3.18. The first kappa shape index (κ1) is 27.8. The van der Waals surface area contributed by atoms with E-state index in [0.29, 0.717) is 0 Å². The van der Waals surface area contributed by atoms with Crippen LogP contribution in [-0.2, 0) is 34.7 Å². The van der Waals surface area contributed by atoms with E-state index in [4.69, 9.17) is 22.6 Å². The van der Waals surface area contributed by atoms with Gasteiger partial charge in [0, 0.05) is 10.4 Å². The van der Waals surface area contributed by atoms with Crippen molar-refractivity contribution in [3.8, 4) is 0 Å². The third-order valence-electron chi connectivity index (χ3n) is 2.98. The Kier molecular flexibility index (Phi) is 24.1. The number of unbranched alkanes of at least 4 members (excludes halogenated alkanes) is 9. The summed E-state index contributed by atoms with van der Waals surface area (Å²) >= 11 is 0. The monoisotopic (exact) mass is 403 g/mol. The molecule has 0 aliphatic heterocycles. The van der Waals surface area contributed by atoms with Crippen molar-refractivity contribution < 1.29 is 46.9 Å². The summed E-state index contributed by atoms with van der Waals surface area (Å²) in [6, 6.07) is 0. The molecule has 134 valence electrons. The van der Waals surface area contributed by atoms with E-state index in [2.05, 4.69) is 12.2 Å². The maximum absolute atomic E-state index is 10.2. The van der Waals surface area contributed by atoms with E-state index in [1.165, 1.54) is 57.8 Å². The number of carboxylic acids is 1. The minimum absolute atomic E-state index is 0. The van der Waals surface area contributed by atoms with Gasteiger partial charge >= 0.3 is 25.4 Å². The molecule has 0 aliphatic carbocycles. The zero-order valence-electron chi connectivity index (χ0n) is 14.1. The molecule has 0 atom stereocenters. The molecular weight excluding hydrogens is 376 g/mol. The molecule has 0 amide bonds. The molecule has 0 bridgehead atoms. The maximum Gasteiger partial charge on any atom is 2.00 e. The largest absolute Gasteiger partial charge is 2.00 e. The first-order valence-corrected chi connectivity index (χ1v) is 9.20. The van der Waals surface area contributed by atoms with Crippen LogP contribution in [0.15, 0.2) is 0 Å². The predicted octanol–water partition coefficient (Wildman–Crippen LogP) is 2.24. The molecular formula is C14H29NO6SZn. The average Bonchev–Trinajstić information content (AvgIpc) is 2.38. The second-order valence-corrected chi connectivity index (χ2v) is 5.98. The van der Waals surface area contributed by atoms with E-state index >= 15 is 0 Å². The number of rotatable bonds is 13. The zero-order valence-corrected chi connectivity index (χ0v) is 17.9. The predicted molar refractivity (Wildman–Crippen MR) is 82.8 cm³/mol. The fraction of sp³-hybridized carbons (Fsp3) is 0.929. The van der Waals surface area contributed by atoms with Gasteiger partial charge in [0.05, 0.1) is 6.54 Å². The summed E-state index contributed by atoms with van der Waals surface area (Å²) in [4.78, 5) is 10.2. The molecule has 23 heavy (non-hydrogen) atoms. The van der Waals surface area contributed by atoms with Crippen LogP contribution in [0, 0.1) is 0 Å². The van der Waals surface area contributed by atoms with Crippen LogP contribution in [0.1, 0.15) is 71.1 Å². The molecule has 0 radical (unpaired) electrons. The molecule has 0 rings (SSSR count). The summed E-state index contributed by atoms with van der Waals surface area (Å²) < 4.78 is 34.1. The smallest absolute Gasteiger partial charge is 0.759 e. The van der Waals surface area contributed by atoms with Crippen molar-refractivity contribution in [3.63, 3.8) is 0 Å². The molecule has 9 heteroatoms. The number of hydrogen-bond donors (Lipinski definition) is 2. The molecule has 0 aromatic rings. The second-order valence-electron chi connectivity index (χ2n) is 5.16. The molecule has 7 nitrogen and oxygen atoms in total. The van der Waals surface area contributed by atoms with Gasteiger partial charge in [-0.3, -0.25) is 13.2 Å². The van der Waals surface area contributed by atoms with E-state index in [9.17, 15) is 4.79 Å². The molecule has 0 aliphatic rings. The van der Waals surface area contributed by atoms with Crippen LogP contribution in [0.2, 0.25) is 0 Å². The number of hydrogen-bond acceptors (Lipinski definition) is 6. The van der Waals surface area contributed by atoms with Gasteiger partial charge in [-0.05, 0) is 13.0 Å². The standard InChI is InChI=1S/C14H29NO2.H2O4S.Zn/c1-2-3-4-5-6-7-8-9-10-11-12-15-13-14(16)17;1-5(2,3)4;/h15H,2-13H2,1H3,(H,16,17);(H2,1,2,3,4);/q;;+2/p-2. The summed E-state index contributed by atoms with van der Waals surface area (Å²) in [5, 5.41) is 11.3. The van der Waals surface area contributed by atoms with Crippen molar-refractivity contribution in [1.29, 1.82) is 0 Å². The second kappa shape index (κ2) is 20.0. The minimum Gasteiger partial charge on any atom is -0.759 e. The maximum atomic E-state index is 10.2. The molecule has 0 spiro atoms. The average molecular weight is 405 g/mol. The van der Waals surface area contributed by atoms with Crippen LogP contribution in [0.5, 0.6) is 0 Å². The molecule has 0 heterocycles. The summed E-state index contributed by atoms with van der Waals surface area (Å²) in [5.74, 6) is -0.767. The van der Waals surface area contributed by atoms with Gasteiger partial charge in [-0.1, -0.05) is 64.7 Å². The van der Waals surface area contributed by atoms with Crippen molar-refractivity contribution in [2.24, 2.45) is 0 Å². The first-order valence-electron chi connectivity index (χ1n) is 7.86. The van der Waals surface area contributed by atoms with Gasteiger partial charge in [0.1, 0.15) is 0 Å². The fourth-order valence-electron chi connectivity index (χ4n) is 1.93. The summed E-state index contributed by atoms with van der Waals surface area (Å²) in [7, 11) is -5.17. The Balaban J connectivity index is -0.000000578. The number of carboxylic acid groups (broad SMARTS) is 1. The number of aliphatic carboxylic acids is 1. The molecule has 0 saturated heterocycles. The van der Waals surface area contributed by atoms with Gasteiger partial charge in [-0.2, -0.15) is 0 Å². The molecule has 0 saturated carbocycles. The topological polar surface area (TPSA) is 130 Å². The molecule has 0 unspecified atom stereocenters. The minimum atomic E-state index is -5.17. The van der Waals surface area contributed by atoms with Crippen molar-refractivity contribution >= 4 is 16.4 Å². The Morgan fingerprint density at radius 2 is 1.26 bits per heavy atom. The van der Waals surface area contributed by atoms with Crippen LogP contribution < -0.4 is 5.32 Å². The van der Waals surface area contributed by atoms with Crippen LogP contribution in [0.25, 0.3) is 0 Å². The quantitative estimate of drug-likeness (QED) is 0.208. The van der Waals surface area contributed by atoms with Gasteiger partial charge < -0.3 is 19.5 Å². The van der Waals surface area contributed by atoms with Gasteiger partial charge in [0.15, 0.2) is 0 Å². The Hall–Kier alpha value is -0.0766. The zero-order chi connectivity index (χ0) is 17.3. The molecule has 2 N–H and O–H groups in total. The van der Waals surface area contributed by atoms with Gasteiger partial charge in [-0.15, -0.1) is 0 Å². The normalized spacial score (nSPS) is 10.4. The van der Waals surface area contributed by atoms with Gasteiger partial charge in [0.25, 0.3) is 0 Å². The molecule has 0 aromatic heterocycles. The Morgan fingerprint density at radius 3 is 1.61 bits per heavy atom. The number of carbonyl (C=O) groups is 1. The van der Waals surface area contributed by atoms with Crippen molar-refractivity contribution in [3.05, 3.63) is 0 Å². The number of nitrogens with one attached hydrogen (secondary N) is 1. The van der Waals surface area contributed by atoms with E-state index in [-0.39, 0.29) is 26.0 Å². The molecule has 0 aromatic carbocycles. The van der Waals surface area contributed by atoms with Crippen LogP contribution in [-0.4, -0.2) is 41.7 Å². The van der Waals surface area contributed by atoms with E-state index < -0.39 is 16.4 Å². The fourth-order valence-corrected chi connectivity index (χ4v) is 1.93. The summed E-state index contributed by atoms with van der Waals surface area (Å²) in [5.41, 5.74) is 0. The van der Waals surface area contributed by atoms with E-state index in [1.54, 1.807) is 0 Å². The van der Waals surface area contributed by atoms with Crippen LogP contribution in [0.3, 0.4) is 0 Å². The Morgan fingerprint density at radius 1 is 0.913 bits per heavy atom. The van der Waals surface area contributed by atoms with E-state index in [0.717, 1.165) is 13.0 Å². The van der Waals surface area contributed by atoms with Crippen molar-refractivity contribution in [1.82, 2.24) is 5.32 Å². The third kappa shape index (κ3) is 44.9. The van der Waals surface area contributed by atoms with Crippen LogP contribution >= 0.6 is 0 Å². The van der Waals surface area contributed by atoms with E-state index in [1.807, 2.05) is 0 Å².